The van der Waals surface area contributed by atoms with Crippen molar-refractivity contribution in [2.75, 3.05) is 26.7 Å². The number of nitrogens with one attached hydrogen (secondary N) is 1. The first-order chi connectivity index (χ1) is 15.1. The lowest BCUT2D eigenvalue weighted by Gasteiger charge is -2.33. The average Bonchev–Trinajstić information content (AvgIpc) is 3.30. The molecular weight excluding hydrogens is 392 g/mol. The maximum Gasteiger partial charge on any atom is 0.257 e. The van der Waals surface area contributed by atoms with Crippen molar-refractivity contribution in [1.82, 2.24) is 20.0 Å². The van der Waals surface area contributed by atoms with Gasteiger partial charge in [0.15, 0.2) is 0 Å². The highest BCUT2D eigenvalue weighted by molar-refractivity contribution is 5.95. The predicted molar refractivity (Wildman–Crippen MR) is 118 cm³/mol. The Morgan fingerprint density at radius 2 is 1.94 bits per heavy atom. The van der Waals surface area contributed by atoms with Crippen LogP contribution in [-0.4, -0.2) is 64.7 Å². The van der Waals surface area contributed by atoms with Crippen LogP contribution >= 0.6 is 0 Å². The van der Waals surface area contributed by atoms with E-state index in [-0.39, 0.29) is 23.8 Å². The predicted octanol–water partition coefficient (Wildman–Crippen LogP) is 3.35. The van der Waals surface area contributed by atoms with E-state index >= 15 is 0 Å². The monoisotopic (exact) mass is 424 g/mol. The van der Waals surface area contributed by atoms with Crippen LogP contribution in [0.4, 0.5) is 0 Å². The summed E-state index contributed by atoms with van der Waals surface area (Å²) in [6.45, 7) is 2.75. The molecule has 166 valence electrons. The number of piperidine rings is 1. The number of ether oxygens (including phenoxy) is 1. The molecule has 7 nitrogen and oxygen atoms in total. The minimum Gasteiger partial charge on any atom is -0.378 e. The fourth-order valence-electron chi connectivity index (χ4n) is 4.62. The summed E-state index contributed by atoms with van der Waals surface area (Å²) >= 11 is 0. The first kappa shape index (κ1) is 21.6. The van der Waals surface area contributed by atoms with E-state index in [0.717, 1.165) is 50.0 Å². The summed E-state index contributed by atoms with van der Waals surface area (Å²) in [5.41, 5.74) is 2.63. The third kappa shape index (κ3) is 5.34. The van der Waals surface area contributed by atoms with Crippen LogP contribution in [0.15, 0.2) is 36.5 Å². The van der Waals surface area contributed by atoms with Gasteiger partial charge in [-0.15, -0.1) is 0 Å². The molecule has 0 spiro atoms. The minimum absolute atomic E-state index is 0.0273. The highest BCUT2D eigenvalue weighted by Gasteiger charge is 2.30. The Bertz CT molecular complexity index is 868. The number of carbonyl (C=O) groups is 2. The molecule has 1 aromatic carbocycles. The molecule has 1 unspecified atom stereocenters. The SMILES string of the molecule is CN(Cc1ccccc1)C(=O)c1cn[nH]c1C1CCN(C(=O)CC2CCCCO2)CC1. The lowest BCUT2D eigenvalue weighted by molar-refractivity contribution is -0.136. The molecule has 0 bridgehead atoms. The number of benzene rings is 1. The molecular formula is C24H32N4O3. The van der Waals surface area contributed by atoms with Crippen LogP contribution in [0.1, 0.15) is 66.1 Å². The van der Waals surface area contributed by atoms with Gasteiger partial charge in [0, 0.05) is 39.2 Å². The van der Waals surface area contributed by atoms with Crippen LogP contribution in [0.3, 0.4) is 0 Å². The van der Waals surface area contributed by atoms with Crippen molar-refractivity contribution in [3.63, 3.8) is 0 Å². The molecule has 7 heteroatoms. The Balaban J connectivity index is 1.32. The zero-order valence-corrected chi connectivity index (χ0v) is 18.3. The van der Waals surface area contributed by atoms with E-state index in [1.54, 1.807) is 11.1 Å². The topological polar surface area (TPSA) is 78.5 Å². The number of carbonyl (C=O) groups excluding carboxylic acids is 2. The van der Waals surface area contributed by atoms with Gasteiger partial charge in [0.25, 0.3) is 5.91 Å². The van der Waals surface area contributed by atoms with Crippen molar-refractivity contribution in [3.05, 3.63) is 53.3 Å². The summed E-state index contributed by atoms with van der Waals surface area (Å²) in [6, 6.07) is 9.97. The normalized spacial score (nSPS) is 19.9. The Labute approximate surface area is 183 Å². The second-order valence-corrected chi connectivity index (χ2v) is 8.69. The van der Waals surface area contributed by atoms with Gasteiger partial charge in [-0.05, 0) is 37.7 Å². The van der Waals surface area contributed by atoms with Crippen molar-refractivity contribution in [3.8, 4) is 0 Å². The number of amides is 2. The van der Waals surface area contributed by atoms with E-state index in [4.69, 9.17) is 4.74 Å². The van der Waals surface area contributed by atoms with Gasteiger partial charge in [0.1, 0.15) is 0 Å². The Hall–Kier alpha value is -2.67. The fraction of sp³-hybridized carbons (Fsp3) is 0.542. The zero-order chi connectivity index (χ0) is 21.6. The number of H-pyrrole nitrogens is 1. The maximum absolute atomic E-state index is 13.1. The third-order valence-corrected chi connectivity index (χ3v) is 6.44. The van der Waals surface area contributed by atoms with Crippen LogP contribution < -0.4 is 0 Å². The van der Waals surface area contributed by atoms with E-state index < -0.39 is 0 Å². The van der Waals surface area contributed by atoms with Gasteiger partial charge in [-0.3, -0.25) is 14.7 Å². The molecule has 4 rings (SSSR count). The maximum atomic E-state index is 13.1. The van der Waals surface area contributed by atoms with Gasteiger partial charge >= 0.3 is 0 Å². The smallest absolute Gasteiger partial charge is 0.257 e. The Morgan fingerprint density at radius 1 is 1.16 bits per heavy atom. The van der Waals surface area contributed by atoms with Crippen LogP contribution in [0.5, 0.6) is 0 Å². The van der Waals surface area contributed by atoms with Gasteiger partial charge in [-0.2, -0.15) is 5.10 Å². The number of rotatable bonds is 6. The summed E-state index contributed by atoms with van der Waals surface area (Å²) < 4.78 is 5.72. The molecule has 2 saturated heterocycles. The molecule has 2 aliphatic rings. The van der Waals surface area contributed by atoms with Crippen molar-refractivity contribution in [2.45, 2.75) is 57.1 Å². The molecule has 31 heavy (non-hydrogen) atoms. The molecule has 3 heterocycles. The lowest BCUT2D eigenvalue weighted by atomic mass is 9.90. The van der Waals surface area contributed by atoms with Gasteiger partial charge in [0.05, 0.1) is 30.0 Å². The number of nitrogens with zero attached hydrogens (tertiary/aromatic N) is 3. The number of aromatic amines is 1. The van der Waals surface area contributed by atoms with E-state index in [1.807, 2.05) is 42.3 Å². The number of hydrogen-bond donors (Lipinski definition) is 1. The number of likely N-dealkylation sites (tertiary alicyclic amines) is 1. The van der Waals surface area contributed by atoms with Gasteiger partial charge in [-0.25, -0.2) is 0 Å². The first-order valence-electron chi connectivity index (χ1n) is 11.3. The molecule has 1 atom stereocenters. The molecule has 2 aromatic rings. The molecule has 1 N–H and O–H groups in total. The van der Waals surface area contributed by atoms with E-state index in [0.29, 0.717) is 31.6 Å². The first-order valence-corrected chi connectivity index (χ1v) is 11.3. The largest absolute Gasteiger partial charge is 0.378 e. The molecule has 0 radical (unpaired) electrons. The van der Waals surface area contributed by atoms with Gasteiger partial charge in [0.2, 0.25) is 5.91 Å². The zero-order valence-electron chi connectivity index (χ0n) is 18.3. The van der Waals surface area contributed by atoms with E-state index in [2.05, 4.69) is 10.2 Å². The standard InChI is InChI=1S/C24H32N4O3/c1-27(17-18-7-3-2-4-8-18)24(30)21-16-25-26-23(21)19-10-12-28(13-11-19)22(29)15-20-9-5-6-14-31-20/h2-4,7-8,16,19-20H,5-6,9-15,17H2,1H3,(H,25,26). The highest BCUT2D eigenvalue weighted by Crippen LogP contribution is 2.30. The molecule has 1 aromatic heterocycles. The van der Waals surface area contributed by atoms with E-state index in [9.17, 15) is 9.59 Å². The van der Waals surface area contributed by atoms with Crippen LogP contribution in [0, 0.1) is 0 Å². The third-order valence-electron chi connectivity index (χ3n) is 6.44. The van der Waals surface area contributed by atoms with Gasteiger partial charge < -0.3 is 14.5 Å². The summed E-state index contributed by atoms with van der Waals surface area (Å²) in [7, 11) is 1.82. The summed E-state index contributed by atoms with van der Waals surface area (Å²) in [5.74, 6) is 0.371. The van der Waals surface area contributed by atoms with Crippen LogP contribution in [-0.2, 0) is 16.1 Å². The quantitative estimate of drug-likeness (QED) is 0.771. The molecule has 2 amide bonds. The molecule has 0 saturated carbocycles. The van der Waals surface area contributed by atoms with Crippen LogP contribution in [0.25, 0.3) is 0 Å². The average molecular weight is 425 g/mol. The van der Waals surface area contributed by atoms with Crippen molar-refractivity contribution in [1.29, 1.82) is 0 Å². The Kier molecular flexibility index (Phi) is 7.02. The van der Waals surface area contributed by atoms with Crippen molar-refractivity contribution < 1.29 is 14.3 Å². The fourth-order valence-corrected chi connectivity index (χ4v) is 4.62. The van der Waals surface area contributed by atoms with Crippen molar-refractivity contribution >= 4 is 11.8 Å². The van der Waals surface area contributed by atoms with Crippen LogP contribution in [0.2, 0.25) is 0 Å². The summed E-state index contributed by atoms with van der Waals surface area (Å²) in [5, 5.41) is 7.23. The van der Waals surface area contributed by atoms with E-state index in [1.165, 1.54) is 0 Å². The summed E-state index contributed by atoms with van der Waals surface area (Å²) in [4.78, 5) is 29.4. The minimum atomic E-state index is -0.0273. The molecule has 0 aliphatic carbocycles. The molecule has 2 aliphatic heterocycles. The Morgan fingerprint density at radius 3 is 2.65 bits per heavy atom. The number of hydrogen-bond acceptors (Lipinski definition) is 4. The second kappa shape index (κ2) is 10.1. The summed E-state index contributed by atoms with van der Waals surface area (Å²) in [6.07, 6.45) is 7.11. The molecule has 2 fully saturated rings. The lowest BCUT2D eigenvalue weighted by Crippen LogP contribution is -2.40. The highest BCUT2D eigenvalue weighted by atomic mass is 16.5. The van der Waals surface area contributed by atoms with Crippen molar-refractivity contribution in [2.24, 2.45) is 0 Å². The second-order valence-electron chi connectivity index (χ2n) is 8.69. The number of aromatic nitrogens is 2. The van der Waals surface area contributed by atoms with Gasteiger partial charge in [-0.1, -0.05) is 30.3 Å².